The highest BCUT2D eigenvalue weighted by molar-refractivity contribution is 5.25. The van der Waals surface area contributed by atoms with Crippen LogP contribution in [-0.4, -0.2) is 11.5 Å². The third kappa shape index (κ3) is 0.758. The molecule has 0 radical (unpaired) electrons. The zero-order valence-electron chi connectivity index (χ0n) is 6.96. The molecule has 0 aromatic carbocycles. The summed E-state index contributed by atoms with van der Waals surface area (Å²) in [5.74, 6) is 0. The normalized spacial score (nSPS) is 29.8. The molecular formula is C10H12N2. The second kappa shape index (κ2) is 2.07. The molecule has 1 N–H and O–H groups in total. The molecule has 2 nitrogen and oxygen atoms in total. The van der Waals surface area contributed by atoms with Crippen LogP contribution in [0.3, 0.4) is 0 Å². The molecular weight excluding hydrogens is 148 g/mol. The van der Waals surface area contributed by atoms with Gasteiger partial charge in [-0.3, -0.25) is 4.98 Å². The van der Waals surface area contributed by atoms with E-state index in [4.69, 9.17) is 0 Å². The first-order chi connectivity index (χ1) is 5.91. The maximum atomic E-state index is 4.14. The van der Waals surface area contributed by atoms with Crippen molar-refractivity contribution in [2.45, 2.75) is 18.9 Å². The smallest absolute Gasteiger partial charge is 0.0404 e. The Morgan fingerprint density at radius 3 is 2.92 bits per heavy atom. The minimum atomic E-state index is 0.603. The monoisotopic (exact) mass is 160 g/mol. The van der Waals surface area contributed by atoms with Gasteiger partial charge in [0.1, 0.15) is 0 Å². The van der Waals surface area contributed by atoms with Crippen LogP contribution in [0.25, 0.3) is 0 Å². The van der Waals surface area contributed by atoms with Crippen LogP contribution in [0.2, 0.25) is 0 Å². The van der Waals surface area contributed by atoms with Crippen LogP contribution >= 0.6 is 0 Å². The van der Waals surface area contributed by atoms with Gasteiger partial charge in [0.25, 0.3) is 0 Å². The lowest BCUT2D eigenvalue weighted by Gasteiger charge is -2.39. The molecule has 0 amide bonds. The maximum absolute atomic E-state index is 4.14. The summed E-state index contributed by atoms with van der Waals surface area (Å²) in [5, 5.41) is 3.47. The van der Waals surface area contributed by atoms with E-state index in [-0.39, 0.29) is 0 Å². The lowest BCUT2D eigenvalue weighted by atomic mass is 9.84. The highest BCUT2D eigenvalue weighted by Crippen LogP contribution is 2.59. The number of hydrogen-bond donors (Lipinski definition) is 1. The van der Waals surface area contributed by atoms with E-state index in [0.717, 1.165) is 0 Å². The second-order valence-electron chi connectivity index (χ2n) is 3.96. The van der Waals surface area contributed by atoms with Gasteiger partial charge in [-0.05, 0) is 24.5 Å². The molecule has 0 bridgehead atoms. The number of hydrogen-bond acceptors (Lipinski definition) is 2. The van der Waals surface area contributed by atoms with Crippen LogP contribution in [0.4, 0.5) is 0 Å². The van der Waals surface area contributed by atoms with Crippen molar-refractivity contribution >= 4 is 0 Å². The number of rotatable bonds is 1. The topological polar surface area (TPSA) is 24.9 Å². The van der Waals surface area contributed by atoms with Gasteiger partial charge in [0.2, 0.25) is 0 Å². The Morgan fingerprint density at radius 2 is 2.42 bits per heavy atom. The number of pyridine rings is 1. The molecule has 1 aromatic rings. The summed E-state index contributed by atoms with van der Waals surface area (Å²) < 4.78 is 0. The van der Waals surface area contributed by atoms with E-state index in [1.165, 1.54) is 24.9 Å². The van der Waals surface area contributed by atoms with Crippen LogP contribution in [0.1, 0.15) is 24.4 Å². The van der Waals surface area contributed by atoms with E-state index < -0.39 is 0 Å². The average molecular weight is 160 g/mol. The molecule has 1 atom stereocenters. The molecule has 2 heterocycles. The first kappa shape index (κ1) is 6.61. The Hall–Kier alpha value is -0.890. The molecule has 3 rings (SSSR count). The molecule has 62 valence electrons. The summed E-state index contributed by atoms with van der Waals surface area (Å²) in [4.78, 5) is 4.14. The van der Waals surface area contributed by atoms with Crippen LogP contribution in [0.15, 0.2) is 24.5 Å². The van der Waals surface area contributed by atoms with Gasteiger partial charge < -0.3 is 5.32 Å². The quantitative estimate of drug-likeness (QED) is 0.673. The average Bonchev–Trinajstić information content (AvgIpc) is 2.85. The van der Waals surface area contributed by atoms with Crippen LogP contribution in [0, 0.1) is 5.41 Å². The molecule has 1 saturated carbocycles. The fourth-order valence-corrected chi connectivity index (χ4v) is 2.14. The number of nitrogens with one attached hydrogen (secondary N) is 1. The molecule has 2 aliphatic rings. The standard InChI is InChI=1S/C10H12N2/c1-2-8(6-11-5-1)9-10(3-4-10)7-12-9/h1-2,5-6,9,12H,3-4,7H2. The highest BCUT2D eigenvalue weighted by atomic mass is 15.1. The lowest BCUT2D eigenvalue weighted by Crippen LogP contribution is -2.47. The van der Waals surface area contributed by atoms with Gasteiger partial charge in [0.05, 0.1) is 0 Å². The Labute approximate surface area is 72.0 Å². The van der Waals surface area contributed by atoms with Crippen molar-refractivity contribution in [1.82, 2.24) is 10.3 Å². The van der Waals surface area contributed by atoms with Crippen LogP contribution in [0.5, 0.6) is 0 Å². The van der Waals surface area contributed by atoms with E-state index >= 15 is 0 Å². The molecule has 1 saturated heterocycles. The van der Waals surface area contributed by atoms with E-state index in [1.807, 2.05) is 18.5 Å². The molecule has 1 unspecified atom stereocenters. The number of aromatic nitrogens is 1. The van der Waals surface area contributed by atoms with Gasteiger partial charge in [0, 0.05) is 30.4 Å². The van der Waals surface area contributed by atoms with Gasteiger partial charge in [-0.15, -0.1) is 0 Å². The summed E-state index contributed by atoms with van der Waals surface area (Å²) in [6.07, 6.45) is 6.62. The van der Waals surface area contributed by atoms with Crippen molar-refractivity contribution in [2.75, 3.05) is 6.54 Å². The van der Waals surface area contributed by atoms with Crippen molar-refractivity contribution < 1.29 is 0 Å². The SMILES string of the molecule is c1cncc(C2NCC23CC3)c1. The molecule has 12 heavy (non-hydrogen) atoms. The molecule has 2 fully saturated rings. The van der Waals surface area contributed by atoms with Gasteiger partial charge in [0.15, 0.2) is 0 Å². The van der Waals surface area contributed by atoms with Gasteiger partial charge in [-0.2, -0.15) is 0 Å². The summed E-state index contributed by atoms with van der Waals surface area (Å²) in [7, 11) is 0. The van der Waals surface area contributed by atoms with Crippen LogP contribution < -0.4 is 5.32 Å². The summed E-state index contributed by atoms with van der Waals surface area (Å²) in [6, 6.07) is 4.79. The third-order valence-electron chi connectivity index (χ3n) is 3.18. The summed E-state index contributed by atoms with van der Waals surface area (Å²) >= 11 is 0. The van der Waals surface area contributed by atoms with Crippen molar-refractivity contribution in [1.29, 1.82) is 0 Å². The largest absolute Gasteiger partial charge is 0.309 e. The molecule has 1 aliphatic heterocycles. The Kier molecular flexibility index (Phi) is 1.14. The van der Waals surface area contributed by atoms with E-state index in [9.17, 15) is 0 Å². The first-order valence-corrected chi connectivity index (χ1v) is 4.54. The minimum absolute atomic E-state index is 0.603. The molecule has 1 aromatic heterocycles. The predicted molar refractivity (Wildman–Crippen MR) is 46.6 cm³/mol. The van der Waals surface area contributed by atoms with Crippen molar-refractivity contribution in [3.8, 4) is 0 Å². The highest BCUT2D eigenvalue weighted by Gasteiger charge is 2.56. The summed E-state index contributed by atoms with van der Waals surface area (Å²) in [6.45, 7) is 1.21. The van der Waals surface area contributed by atoms with Crippen LogP contribution in [-0.2, 0) is 0 Å². The van der Waals surface area contributed by atoms with Crippen molar-refractivity contribution in [3.63, 3.8) is 0 Å². The van der Waals surface area contributed by atoms with E-state index in [1.54, 1.807) is 0 Å². The fourth-order valence-electron chi connectivity index (χ4n) is 2.14. The summed E-state index contributed by atoms with van der Waals surface area (Å²) in [5.41, 5.74) is 2.00. The Balaban J connectivity index is 1.90. The van der Waals surface area contributed by atoms with E-state index in [0.29, 0.717) is 11.5 Å². The van der Waals surface area contributed by atoms with Gasteiger partial charge in [-0.1, -0.05) is 6.07 Å². The third-order valence-corrected chi connectivity index (χ3v) is 3.18. The zero-order valence-corrected chi connectivity index (χ0v) is 6.96. The number of nitrogens with zero attached hydrogens (tertiary/aromatic N) is 1. The lowest BCUT2D eigenvalue weighted by molar-refractivity contribution is 0.209. The second-order valence-corrected chi connectivity index (χ2v) is 3.96. The first-order valence-electron chi connectivity index (χ1n) is 4.54. The van der Waals surface area contributed by atoms with E-state index in [2.05, 4.69) is 16.4 Å². The van der Waals surface area contributed by atoms with Crippen molar-refractivity contribution in [2.24, 2.45) is 5.41 Å². The molecule has 2 heteroatoms. The van der Waals surface area contributed by atoms with Crippen molar-refractivity contribution in [3.05, 3.63) is 30.1 Å². The Bertz CT molecular complexity index is 290. The van der Waals surface area contributed by atoms with Gasteiger partial charge in [-0.25, -0.2) is 0 Å². The minimum Gasteiger partial charge on any atom is -0.309 e. The zero-order chi connectivity index (χ0) is 8.02. The Morgan fingerprint density at radius 1 is 1.50 bits per heavy atom. The van der Waals surface area contributed by atoms with Gasteiger partial charge >= 0.3 is 0 Å². The predicted octanol–water partition coefficient (Wildman–Crippen LogP) is 1.51. The maximum Gasteiger partial charge on any atom is 0.0404 e. The molecule has 1 aliphatic carbocycles. The molecule has 1 spiro atoms. The fraction of sp³-hybridized carbons (Fsp3) is 0.500.